The van der Waals surface area contributed by atoms with E-state index in [0.29, 0.717) is 32.1 Å². The third-order valence-corrected chi connectivity index (χ3v) is 7.60. The van der Waals surface area contributed by atoms with Gasteiger partial charge in [-0.3, -0.25) is 0 Å². The number of aliphatic imine (C=N–C) groups is 1. The second-order valence-electron chi connectivity index (χ2n) is 8.08. The minimum Gasteiger partial charge on any atom is -0.396 e. The van der Waals surface area contributed by atoms with E-state index >= 15 is 0 Å². The van der Waals surface area contributed by atoms with E-state index in [1.807, 2.05) is 20.8 Å². The van der Waals surface area contributed by atoms with Crippen molar-refractivity contribution >= 4 is 16.0 Å². The van der Waals surface area contributed by atoms with Gasteiger partial charge < -0.3 is 20.5 Å². The number of nitrogens with one attached hydrogen (secondary N) is 2. The van der Waals surface area contributed by atoms with Crippen molar-refractivity contribution in [2.75, 3.05) is 40.0 Å². The minimum absolute atomic E-state index is 0.0661. The maximum atomic E-state index is 12.6. The molecule has 0 aromatic heterocycles. The Bertz CT molecular complexity index is 788. The number of sulfonamides is 1. The standard InChI is InChI=1S/C21H36N4O4S/c1-5-22-20(24-15-21(10-12-26)11-13-29-16-21)23-14-18-6-8-19(9-7-18)30(27,28)25(4)17(2)3/h6-9,17,26H,5,10-16H2,1-4H3,(H2,22,23,24). The normalized spacial score (nSPS) is 20.2. The van der Waals surface area contributed by atoms with Gasteiger partial charge in [0.1, 0.15) is 0 Å². The van der Waals surface area contributed by atoms with Crippen molar-refractivity contribution in [1.29, 1.82) is 0 Å². The lowest BCUT2D eigenvalue weighted by molar-refractivity contribution is 0.127. The molecule has 0 bridgehead atoms. The number of guanidine groups is 1. The molecule has 1 aliphatic rings. The van der Waals surface area contributed by atoms with Crippen molar-refractivity contribution in [3.05, 3.63) is 29.8 Å². The lowest BCUT2D eigenvalue weighted by Gasteiger charge is -2.27. The molecule has 30 heavy (non-hydrogen) atoms. The molecule has 1 aromatic carbocycles. The average molecular weight is 441 g/mol. The summed E-state index contributed by atoms with van der Waals surface area (Å²) < 4.78 is 32.1. The fraction of sp³-hybridized carbons (Fsp3) is 0.667. The average Bonchev–Trinajstić information content (AvgIpc) is 3.18. The molecule has 2 rings (SSSR count). The monoisotopic (exact) mass is 440 g/mol. The van der Waals surface area contributed by atoms with Gasteiger partial charge in [0, 0.05) is 44.8 Å². The predicted molar refractivity (Wildman–Crippen MR) is 119 cm³/mol. The quantitative estimate of drug-likeness (QED) is 0.377. The minimum atomic E-state index is -3.48. The molecule has 1 aliphatic heterocycles. The van der Waals surface area contributed by atoms with Crippen LogP contribution in [0.4, 0.5) is 0 Å². The molecule has 3 N–H and O–H groups in total. The highest BCUT2D eigenvalue weighted by Gasteiger charge is 2.34. The molecular formula is C21H36N4O4S. The van der Waals surface area contributed by atoms with Gasteiger partial charge in [-0.1, -0.05) is 12.1 Å². The Morgan fingerprint density at radius 2 is 2.00 bits per heavy atom. The van der Waals surface area contributed by atoms with Crippen LogP contribution in [0, 0.1) is 5.41 Å². The van der Waals surface area contributed by atoms with Crippen molar-refractivity contribution in [2.45, 2.75) is 51.1 Å². The van der Waals surface area contributed by atoms with Crippen LogP contribution in [0.25, 0.3) is 0 Å². The molecule has 8 nitrogen and oxygen atoms in total. The first-order valence-corrected chi connectivity index (χ1v) is 12.0. The third kappa shape index (κ3) is 6.41. The van der Waals surface area contributed by atoms with Crippen LogP contribution in [-0.2, 0) is 21.3 Å². The fourth-order valence-electron chi connectivity index (χ4n) is 3.31. The smallest absolute Gasteiger partial charge is 0.243 e. The first-order chi connectivity index (χ1) is 14.2. The van der Waals surface area contributed by atoms with E-state index < -0.39 is 10.0 Å². The summed E-state index contributed by atoms with van der Waals surface area (Å²) in [7, 11) is -1.90. The highest BCUT2D eigenvalue weighted by Crippen LogP contribution is 2.31. The van der Waals surface area contributed by atoms with Gasteiger partial charge in [-0.25, -0.2) is 13.4 Å². The molecule has 0 aliphatic carbocycles. The topological polar surface area (TPSA) is 103 Å². The van der Waals surface area contributed by atoms with Crippen LogP contribution in [0.15, 0.2) is 34.2 Å². The molecule has 170 valence electrons. The van der Waals surface area contributed by atoms with E-state index in [-0.39, 0.29) is 23.0 Å². The molecule has 0 spiro atoms. The molecule has 1 saturated heterocycles. The number of aliphatic hydroxyl groups excluding tert-OH is 1. The van der Waals surface area contributed by atoms with Gasteiger partial charge in [-0.15, -0.1) is 0 Å². The zero-order chi connectivity index (χ0) is 22.2. The van der Waals surface area contributed by atoms with E-state index in [9.17, 15) is 13.5 Å². The first-order valence-electron chi connectivity index (χ1n) is 10.5. The van der Waals surface area contributed by atoms with Gasteiger partial charge >= 0.3 is 0 Å². The highest BCUT2D eigenvalue weighted by atomic mass is 32.2. The van der Waals surface area contributed by atoms with Crippen LogP contribution >= 0.6 is 0 Å². The summed E-state index contributed by atoms with van der Waals surface area (Å²) in [5.74, 6) is 0.693. The van der Waals surface area contributed by atoms with Crippen molar-refractivity contribution in [3.63, 3.8) is 0 Å². The molecule has 1 fully saturated rings. The number of benzene rings is 1. The van der Waals surface area contributed by atoms with Gasteiger partial charge in [0.15, 0.2) is 5.96 Å². The highest BCUT2D eigenvalue weighted by molar-refractivity contribution is 7.89. The Hall–Kier alpha value is -1.68. The first kappa shape index (κ1) is 24.6. The zero-order valence-corrected chi connectivity index (χ0v) is 19.3. The van der Waals surface area contributed by atoms with Crippen molar-refractivity contribution in [2.24, 2.45) is 10.4 Å². The SMILES string of the molecule is CCNC(=NCc1ccc(S(=O)(=O)N(C)C(C)C)cc1)NCC1(CCO)CCOC1. The number of hydrogen-bond donors (Lipinski definition) is 3. The van der Waals surface area contributed by atoms with Crippen molar-refractivity contribution in [3.8, 4) is 0 Å². The van der Waals surface area contributed by atoms with Crippen LogP contribution in [-0.4, -0.2) is 69.8 Å². The number of nitrogens with zero attached hydrogens (tertiary/aromatic N) is 2. The van der Waals surface area contributed by atoms with Crippen LogP contribution in [0.5, 0.6) is 0 Å². The summed E-state index contributed by atoms with van der Waals surface area (Å²) >= 11 is 0. The van der Waals surface area contributed by atoms with Crippen LogP contribution in [0.3, 0.4) is 0 Å². The summed E-state index contributed by atoms with van der Waals surface area (Å²) in [5.41, 5.74) is 0.858. The lowest BCUT2D eigenvalue weighted by Crippen LogP contribution is -2.44. The summed E-state index contributed by atoms with van der Waals surface area (Å²) in [4.78, 5) is 4.90. The lowest BCUT2D eigenvalue weighted by atomic mass is 9.84. The van der Waals surface area contributed by atoms with Gasteiger partial charge in [-0.05, 0) is 51.3 Å². The Kier molecular flexibility index (Phi) is 9.09. The van der Waals surface area contributed by atoms with E-state index in [4.69, 9.17) is 4.74 Å². The van der Waals surface area contributed by atoms with Gasteiger partial charge in [0.05, 0.1) is 18.0 Å². The van der Waals surface area contributed by atoms with Crippen molar-refractivity contribution in [1.82, 2.24) is 14.9 Å². The maximum Gasteiger partial charge on any atom is 0.243 e. The molecule has 0 saturated carbocycles. The Balaban J connectivity index is 2.04. The number of hydrogen-bond acceptors (Lipinski definition) is 5. The number of aliphatic hydroxyl groups is 1. The Morgan fingerprint density at radius 3 is 2.53 bits per heavy atom. The summed E-state index contributed by atoms with van der Waals surface area (Å²) in [6.07, 6.45) is 1.61. The summed E-state index contributed by atoms with van der Waals surface area (Å²) in [6, 6.07) is 6.75. The van der Waals surface area contributed by atoms with Crippen LogP contribution in [0.1, 0.15) is 39.2 Å². The summed E-state index contributed by atoms with van der Waals surface area (Å²) in [5, 5.41) is 16.0. The molecule has 0 radical (unpaired) electrons. The van der Waals surface area contributed by atoms with E-state index in [2.05, 4.69) is 15.6 Å². The van der Waals surface area contributed by atoms with Crippen molar-refractivity contribution < 1.29 is 18.3 Å². The van der Waals surface area contributed by atoms with E-state index in [1.165, 1.54) is 4.31 Å². The molecule has 0 amide bonds. The molecule has 1 aromatic rings. The van der Waals surface area contributed by atoms with Gasteiger partial charge in [-0.2, -0.15) is 4.31 Å². The zero-order valence-electron chi connectivity index (χ0n) is 18.5. The van der Waals surface area contributed by atoms with E-state index in [0.717, 1.165) is 25.1 Å². The molecular weight excluding hydrogens is 404 g/mol. The Morgan fingerprint density at radius 1 is 1.30 bits per heavy atom. The molecule has 9 heteroatoms. The van der Waals surface area contributed by atoms with Crippen LogP contribution < -0.4 is 10.6 Å². The largest absolute Gasteiger partial charge is 0.396 e. The third-order valence-electron chi connectivity index (χ3n) is 5.55. The second-order valence-corrected chi connectivity index (χ2v) is 10.1. The molecule has 1 heterocycles. The summed E-state index contributed by atoms with van der Waals surface area (Å²) in [6.45, 7) is 9.03. The second kappa shape index (κ2) is 11.1. The number of ether oxygens (including phenoxy) is 1. The number of rotatable bonds is 10. The molecule has 1 unspecified atom stereocenters. The van der Waals surface area contributed by atoms with Crippen LogP contribution in [0.2, 0.25) is 0 Å². The maximum absolute atomic E-state index is 12.6. The predicted octanol–water partition coefficient (Wildman–Crippen LogP) is 1.56. The van der Waals surface area contributed by atoms with E-state index in [1.54, 1.807) is 31.3 Å². The van der Waals surface area contributed by atoms with Gasteiger partial charge in [0.2, 0.25) is 10.0 Å². The fourth-order valence-corrected chi connectivity index (χ4v) is 4.67. The van der Waals surface area contributed by atoms with Gasteiger partial charge in [0.25, 0.3) is 0 Å². The Labute approximate surface area is 180 Å². The molecule has 1 atom stereocenters.